The van der Waals surface area contributed by atoms with Crippen LogP contribution in [0.3, 0.4) is 0 Å². The minimum atomic E-state index is -0.126. The van der Waals surface area contributed by atoms with Gasteiger partial charge >= 0.3 is 5.97 Å². The number of rotatable bonds is 7. The first-order chi connectivity index (χ1) is 6.24. The van der Waals surface area contributed by atoms with Gasteiger partial charge < -0.3 is 4.74 Å². The lowest BCUT2D eigenvalue weighted by Crippen LogP contribution is -2.39. The van der Waals surface area contributed by atoms with Crippen LogP contribution < -0.4 is 5.43 Å². The molecule has 0 aromatic heterocycles. The summed E-state index contributed by atoms with van der Waals surface area (Å²) >= 11 is 0. The zero-order valence-corrected chi connectivity index (χ0v) is 8.80. The van der Waals surface area contributed by atoms with Gasteiger partial charge in [-0.2, -0.15) is 0 Å². The topological polar surface area (TPSA) is 41.6 Å². The molecule has 0 unspecified atom stereocenters. The van der Waals surface area contributed by atoms with Gasteiger partial charge in [0.1, 0.15) is 0 Å². The van der Waals surface area contributed by atoms with Gasteiger partial charge in [0, 0.05) is 19.6 Å². The highest BCUT2D eigenvalue weighted by Gasteiger charge is 2.05. The Morgan fingerprint density at radius 3 is 2.54 bits per heavy atom. The molecule has 78 valence electrons. The number of nitrogens with zero attached hydrogens (tertiary/aromatic N) is 1. The summed E-state index contributed by atoms with van der Waals surface area (Å²) in [5.74, 6) is -0.126. The van der Waals surface area contributed by atoms with E-state index in [1.165, 1.54) is 0 Å². The maximum Gasteiger partial charge on any atom is 0.307 e. The number of nitrogens with one attached hydrogen (secondary N) is 1. The first kappa shape index (κ1) is 12.4. The predicted octanol–water partition coefficient (Wildman–Crippen LogP) is 0.786. The number of ether oxygens (including phenoxy) is 1. The SMILES string of the molecule is CCNN(CC)CCC(=O)OCC. The Morgan fingerprint density at radius 2 is 2.08 bits per heavy atom. The summed E-state index contributed by atoms with van der Waals surface area (Å²) in [4.78, 5) is 11.0. The maximum absolute atomic E-state index is 11.0. The summed E-state index contributed by atoms with van der Waals surface area (Å²) in [6, 6.07) is 0. The van der Waals surface area contributed by atoms with E-state index < -0.39 is 0 Å². The summed E-state index contributed by atoms with van der Waals surface area (Å²) < 4.78 is 4.82. The molecule has 0 bridgehead atoms. The maximum atomic E-state index is 11.0. The van der Waals surface area contributed by atoms with Crippen molar-refractivity contribution in [1.82, 2.24) is 10.4 Å². The van der Waals surface area contributed by atoms with Gasteiger partial charge in [-0.05, 0) is 6.92 Å². The molecule has 0 heterocycles. The highest BCUT2D eigenvalue weighted by atomic mass is 16.5. The van der Waals surface area contributed by atoms with Gasteiger partial charge in [0.2, 0.25) is 0 Å². The fourth-order valence-electron chi connectivity index (χ4n) is 1.03. The van der Waals surface area contributed by atoms with Crippen molar-refractivity contribution in [3.63, 3.8) is 0 Å². The van der Waals surface area contributed by atoms with Crippen LogP contribution in [0.2, 0.25) is 0 Å². The molecule has 0 aliphatic heterocycles. The summed E-state index contributed by atoms with van der Waals surface area (Å²) in [6.45, 7) is 8.86. The Bertz CT molecular complexity index is 140. The van der Waals surface area contributed by atoms with Crippen molar-refractivity contribution in [1.29, 1.82) is 0 Å². The molecule has 0 aliphatic rings. The van der Waals surface area contributed by atoms with Crippen LogP contribution in [0.5, 0.6) is 0 Å². The average molecular weight is 188 g/mol. The van der Waals surface area contributed by atoms with Crippen LogP contribution >= 0.6 is 0 Å². The molecule has 1 N–H and O–H groups in total. The summed E-state index contributed by atoms with van der Waals surface area (Å²) in [5, 5.41) is 2.01. The minimum absolute atomic E-state index is 0.126. The molecule has 0 rings (SSSR count). The smallest absolute Gasteiger partial charge is 0.307 e. The van der Waals surface area contributed by atoms with Gasteiger partial charge in [-0.1, -0.05) is 13.8 Å². The predicted molar refractivity (Wildman–Crippen MR) is 52.2 cm³/mol. The lowest BCUT2D eigenvalue weighted by Gasteiger charge is -2.19. The number of carbonyl (C=O) groups is 1. The number of hydrogen-bond acceptors (Lipinski definition) is 4. The van der Waals surface area contributed by atoms with Crippen LogP contribution in [0.25, 0.3) is 0 Å². The summed E-state index contributed by atoms with van der Waals surface area (Å²) in [7, 11) is 0. The third-order valence-corrected chi connectivity index (χ3v) is 1.65. The second-order valence-electron chi connectivity index (χ2n) is 2.65. The van der Waals surface area contributed by atoms with Crippen LogP contribution in [0.4, 0.5) is 0 Å². The number of carbonyl (C=O) groups excluding carboxylic acids is 1. The van der Waals surface area contributed by atoms with Crippen LogP contribution in [0.1, 0.15) is 27.2 Å². The molecule has 0 radical (unpaired) electrons. The molecule has 4 nitrogen and oxygen atoms in total. The fourth-order valence-corrected chi connectivity index (χ4v) is 1.03. The zero-order chi connectivity index (χ0) is 10.1. The lowest BCUT2D eigenvalue weighted by molar-refractivity contribution is -0.143. The Morgan fingerprint density at radius 1 is 1.38 bits per heavy atom. The Hall–Kier alpha value is -0.610. The average Bonchev–Trinajstić information content (AvgIpc) is 2.12. The second kappa shape index (κ2) is 8.01. The van der Waals surface area contributed by atoms with Crippen LogP contribution in [-0.2, 0) is 9.53 Å². The van der Waals surface area contributed by atoms with Crippen LogP contribution in [0, 0.1) is 0 Å². The van der Waals surface area contributed by atoms with E-state index in [2.05, 4.69) is 5.43 Å². The zero-order valence-electron chi connectivity index (χ0n) is 8.80. The largest absolute Gasteiger partial charge is 0.466 e. The van der Waals surface area contributed by atoms with Gasteiger partial charge in [-0.15, -0.1) is 0 Å². The molecule has 0 spiro atoms. The first-order valence-electron chi connectivity index (χ1n) is 4.88. The first-order valence-corrected chi connectivity index (χ1v) is 4.88. The lowest BCUT2D eigenvalue weighted by atomic mass is 10.4. The van der Waals surface area contributed by atoms with Crippen molar-refractivity contribution >= 4 is 5.97 Å². The molecule has 0 amide bonds. The third kappa shape index (κ3) is 6.54. The summed E-state index contributed by atoms with van der Waals surface area (Å²) in [5.41, 5.74) is 3.16. The highest BCUT2D eigenvalue weighted by Crippen LogP contribution is 1.90. The van der Waals surface area contributed by atoms with E-state index in [4.69, 9.17) is 4.74 Å². The van der Waals surface area contributed by atoms with Crippen molar-refractivity contribution in [2.24, 2.45) is 0 Å². The highest BCUT2D eigenvalue weighted by molar-refractivity contribution is 5.69. The molecule has 0 atom stereocenters. The molecule has 0 saturated heterocycles. The van der Waals surface area contributed by atoms with E-state index in [0.29, 0.717) is 19.6 Å². The van der Waals surface area contributed by atoms with Crippen molar-refractivity contribution < 1.29 is 9.53 Å². The minimum Gasteiger partial charge on any atom is -0.466 e. The Labute approximate surface area is 80.2 Å². The fraction of sp³-hybridized carbons (Fsp3) is 0.889. The van der Waals surface area contributed by atoms with Crippen molar-refractivity contribution in [3.05, 3.63) is 0 Å². The van der Waals surface area contributed by atoms with Crippen molar-refractivity contribution in [3.8, 4) is 0 Å². The summed E-state index contributed by atoms with van der Waals surface area (Å²) in [6.07, 6.45) is 0.453. The quantitative estimate of drug-likeness (QED) is 0.473. The van der Waals surface area contributed by atoms with E-state index in [1.54, 1.807) is 0 Å². The molecule has 0 aromatic carbocycles. The van der Waals surface area contributed by atoms with E-state index in [-0.39, 0.29) is 5.97 Å². The van der Waals surface area contributed by atoms with Gasteiger partial charge in [-0.3, -0.25) is 10.2 Å². The number of esters is 1. The van der Waals surface area contributed by atoms with E-state index in [0.717, 1.165) is 13.1 Å². The van der Waals surface area contributed by atoms with Crippen LogP contribution in [-0.4, -0.2) is 37.2 Å². The number of hydrazine groups is 1. The van der Waals surface area contributed by atoms with Gasteiger partial charge in [0.25, 0.3) is 0 Å². The molecular formula is C9H20N2O2. The molecule has 0 saturated carbocycles. The van der Waals surface area contributed by atoms with E-state index >= 15 is 0 Å². The van der Waals surface area contributed by atoms with Gasteiger partial charge in [-0.25, -0.2) is 5.01 Å². The molecule has 13 heavy (non-hydrogen) atoms. The van der Waals surface area contributed by atoms with Crippen molar-refractivity contribution in [2.45, 2.75) is 27.2 Å². The third-order valence-electron chi connectivity index (χ3n) is 1.65. The number of hydrogen-bond donors (Lipinski definition) is 1. The molecule has 0 aliphatic carbocycles. The Kier molecular flexibility index (Phi) is 7.63. The monoisotopic (exact) mass is 188 g/mol. The van der Waals surface area contributed by atoms with Gasteiger partial charge in [0.05, 0.1) is 13.0 Å². The molecule has 4 heteroatoms. The van der Waals surface area contributed by atoms with E-state index in [1.807, 2.05) is 25.8 Å². The normalized spacial score (nSPS) is 10.5. The van der Waals surface area contributed by atoms with Gasteiger partial charge in [0.15, 0.2) is 0 Å². The molecule has 0 aromatic rings. The molecule has 0 fully saturated rings. The standard InChI is InChI=1S/C9H20N2O2/c1-4-10-11(5-2)8-7-9(12)13-6-3/h10H,4-8H2,1-3H3. The Balaban J connectivity index is 3.52. The van der Waals surface area contributed by atoms with Crippen molar-refractivity contribution in [2.75, 3.05) is 26.2 Å². The van der Waals surface area contributed by atoms with E-state index in [9.17, 15) is 4.79 Å². The molecular weight excluding hydrogens is 168 g/mol. The second-order valence-corrected chi connectivity index (χ2v) is 2.65. The van der Waals surface area contributed by atoms with Crippen LogP contribution in [0.15, 0.2) is 0 Å².